The minimum atomic E-state index is 0. The van der Waals surface area contributed by atoms with E-state index >= 15 is 0 Å². The number of benzene rings is 1. The molecule has 2 aromatic rings. The summed E-state index contributed by atoms with van der Waals surface area (Å²) in [7, 11) is 0. The molecule has 24 heavy (non-hydrogen) atoms. The van der Waals surface area contributed by atoms with Crippen LogP contribution in [0.4, 0.5) is 10.8 Å². The maximum absolute atomic E-state index is 12.4. The van der Waals surface area contributed by atoms with Crippen molar-refractivity contribution in [2.45, 2.75) is 25.3 Å². The van der Waals surface area contributed by atoms with Crippen molar-refractivity contribution in [3.05, 3.63) is 40.9 Å². The standard InChI is InChI=1S/C17H20N4OS.ClH/c18-17-19-9-12(23-17)10-21-7-5-11(6-8-21)15-13-3-1-2-4-14(13)20-16(15)22;/h1-4,9,11,15H,5-8,10H2,(H2,18,19)(H,20,22);1H. The minimum Gasteiger partial charge on any atom is -0.375 e. The number of nitrogen functional groups attached to an aromatic ring is 1. The Labute approximate surface area is 151 Å². The zero-order valence-corrected chi connectivity index (χ0v) is 14.9. The van der Waals surface area contributed by atoms with E-state index in [1.807, 2.05) is 24.4 Å². The van der Waals surface area contributed by atoms with Gasteiger partial charge in [0.05, 0.1) is 5.92 Å². The van der Waals surface area contributed by atoms with E-state index in [1.165, 1.54) is 10.4 Å². The lowest BCUT2D eigenvalue weighted by molar-refractivity contribution is -0.118. The third-order valence-electron chi connectivity index (χ3n) is 4.89. The van der Waals surface area contributed by atoms with Gasteiger partial charge < -0.3 is 11.1 Å². The van der Waals surface area contributed by atoms with E-state index in [0.717, 1.165) is 38.2 Å². The molecule has 7 heteroatoms. The summed E-state index contributed by atoms with van der Waals surface area (Å²) in [5.41, 5.74) is 7.86. The lowest BCUT2D eigenvalue weighted by Gasteiger charge is -2.33. The predicted molar refractivity (Wildman–Crippen MR) is 99.6 cm³/mol. The summed E-state index contributed by atoms with van der Waals surface area (Å²) in [4.78, 5) is 20.1. The van der Waals surface area contributed by atoms with Crippen molar-refractivity contribution in [3.63, 3.8) is 0 Å². The molecule has 5 nitrogen and oxygen atoms in total. The number of carbonyl (C=O) groups excluding carboxylic acids is 1. The average molecular weight is 365 g/mol. The molecule has 1 amide bonds. The van der Waals surface area contributed by atoms with Gasteiger partial charge in [-0.15, -0.1) is 23.7 Å². The first-order valence-electron chi connectivity index (χ1n) is 8.03. The lowest BCUT2D eigenvalue weighted by atomic mass is 9.81. The third-order valence-corrected chi connectivity index (χ3v) is 5.70. The summed E-state index contributed by atoms with van der Waals surface area (Å²) in [6.07, 6.45) is 3.98. The SMILES string of the molecule is Cl.Nc1ncc(CN2CCC(C3C(=O)Nc4ccccc43)CC2)s1. The van der Waals surface area contributed by atoms with E-state index in [-0.39, 0.29) is 24.2 Å². The van der Waals surface area contributed by atoms with Crippen LogP contribution in [0.3, 0.4) is 0 Å². The van der Waals surface area contributed by atoms with Gasteiger partial charge in [0.15, 0.2) is 5.13 Å². The van der Waals surface area contributed by atoms with E-state index in [1.54, 1.807) is 11.3 Å². The van der Waals surface area contributed by atoms with Crippen LogP contribution in [-0.2, 0) is 11.3 Å². The summed E-state index contributed by atoms with van der Waals surface area (Å²) >= 11 is 1.56. The minimum absolute atomic E-state index is 0. The summed E-state index contributed by atoms with van der Waals surface area (Å²) < 4.78 is 0. The topological polar surface area (TPSA) is 71.2 Å². The first kappa shape index (κ1) is 17.2. The monoisotopic (exact) mass is 364 g/mol. The molecule has 1 aromatic carbocycles. The summed E-state index contributed by atoms with van der Waals surface area (Å²) in [5.74, 6) is 0.619. The Morgan fingerprint density at radius 2 is 2.04 bits per heavy atom. The molecule has 3 heterocycles. The van der Waals surface area contributed by atoms with Crippen LogP contribution in [0.25, 0.3) is 0 Å². The Hall–Kier alpha value is -1.63. The van der Waals surface area contributed by atoms with Gasteiger partial charge in [0.1, 0.15) is 0 Å². The van der Waals surface area contributed by atoms with Crippen molar-refractivity contribution < 1.29 is 4.79 Å². The van der Waals surface area contributed by atoms with Gasteiger partial charge in [-0.3, -0.25) is 9.69 Å². The van der Waals surface area contributed by atoms with Gasteiger partial charge in [-0.1, -0.05) is 18.2 Å². The molecule has 1 atom stereocenters. The van der Waals surface area contributed by atoms with Crippen LogP contribution in [0.1, 0.15) is 29.2 Å². The van der Waals surface area contributed by atoms with E-state index < -0.39 is 0 Å². The molecule has 1 unspecified atom stereocenters. The van der Waals surface area contributed by atoms with E-state index in [0.29, 0.717) is 11.0 Å². The molecule has 128 valence electrons. The summed E-state index contributed by atoms with van der Waals surface area (Å²) in [6.45, 7) is 2.96. The maximum atomic E-state index is 12.4. The van der Waals surface area contributed by atoms with Gasteiger partial charge in [-0.2, -0.15) is 0 Å². The molecule has 2 aliphatic rings. The van der Waals surface area contributed by atoms with Gasteiger partial charge in [0.2, 0.25) is 5.91 Å². The van der Waals surface area contributed by atoms with Gasteiger partial charge in [0.25, 0.3) is 0 Å². The number of likely N-dealkylation sites (tertiary alicyclic amines) is 1. The number of nitrogens with two attached hydrogens (primary N) is 1. The third kappa shape index (κ3) is 3.27. The Balaban J connectivity index is 0.00000169. The summed E-state index contributed by atoms with van der Waals surface area (Å²) in [5, 5.41) is 3.66. The Bertz CT molecular complexity index is 727. The van der Waals surface area contributed by atoms with Crippen LogP contribution in [0.2, 0.25) is 0 Å². The number of carbonyl (C=O) groups is 1. The molecule has 4 rings (SSSR count). The number of aromatic nitrogens is 1. The fourth-order valence-corrected chi connectivity index (χ4v) is 4.49. The smallest absolute Gasteiger partial charge is 0.232 e. The molecular weight excluding hydrogens is 344 g/mol. The van der Waals surface area contributed by atoms with Gasteiger partial charge >= 0.3 is 0 Å². The number of piperidine rings is 1. The van der Waals surface area contributed by atoms with Crippen molar-refractivity contribution in [3.8, 4) is 0 Å². The summed E-state index contributed by atoms with van der Waals surface area (Å²) in [6, 6.07) is 8.08. The molecular formula is C17H21ClN4OS. The van der Waals surface area contributed by atoms with Crippen LogP contribution >= 0.6 is 23.7 Å². The van der Waals surface area contributed by atoms with Crippen molar-refractivity contribution in [1.82, 2.24) is 9.88 Å². The normalized spacial score (nSPS) is 21.2. The Morgan fingerprint density at radius 3 is 2.75 bits per heavy atom. The molecule has 2 aliphatic heterocycles. The number of nitrogens with one attached hydrogen (secondary N) is 1. The molecule has 0 saturated carbocycles. The highest BCUT2D eigenvalue weighted by atomic mass is 35.5. The average Bonchev–Trinajstić information content (AvgIpc) is 3.10. The number of fused-ring (bicyclic) bond motifs is 1. The molecule has 0 aliphatic carbocycles. The molecule has 3 N–H and O–H groups in total. The number of thiazole rings is 1. The molecule has 1 saturated heterocycles. The van der Waals surface area contributed by atoms with Crippen LogP contribution in [-0.4, -0.2) is 28.9 Å². The van der Waals surface area contributed by atoms with Crippen molar-refractivity contribution in [2.24, 2.45) is 5.92 Å². The number of nitrogens with zero attached hydrogens (tertiary/aromatic N) is 2. The van der Waals surface area contributed by atoms with Gasteiger partial charge in [-0.05, 0) is 43.5 Å². The second-order valence-electron chi connectivity index (χ2n) is 6.33. The van der Waals surface area contributed by atoms with Crippen LogP contribution in [0, 0.1) is 5.92 Å². The number of hydrogen-bond donors (Lipinski definition) is 2. The number of rotatable bonds is 3. The van der Waals surface area contributed by atoms with Crippen molar-refractivity contribution in [1.29, 1.82) is 0 Å². The number of anilines is 2. The molecule has 0 bridgehead atoms. The maximum Gasteiger partial charge on any atom is 0.232 e. The fraction of sp³-hybridized carbons (Fsp3) is 0.412. The number of para-hydroxylation sites is 1. The predicted octanol–water partition coefficient (Wildman–Crippen LogP) is 3.10. The quantitative estimate of drug-likeness (QED) is 0.877. The fourth-order valence-electron chi connectivity index (χ4n) is 3.76. The first-order valence-corrected chi connectivity index (χ1v) is 8.84. The van der Waals surface area contributed by atoms with Gasteiger partial charge in [-0.25, -0.2) is 4.98 Å². The van der Waals surface area contributed by atoms with E-state index in [4.69, 9.17) is 5.73 Å². The Kier molecular flexibility index (Phi) is 5.08. The second kappa shape index (κ2) is 7.09. The lowest BCUT2D eigenvalue weighted by Crippen LogP contribution is -2.36. The number of hydrogen-bond acceptors (Lipinski definition) is 5. The number of amides is 1. The van der Waals surface area contributed by atoms with Crippen LogP contribution < -0.4 is 11.1 Å². The highest BCUT2D eigenvalue weighted by Gasteiger charge is 2.37. The zero-order chi connectivity index (χ0) is 15.8. The van der Waals surface area contributed by atoms with Gasteiger partial charge in [0, 0.05) is 23.3 Å². The molecule has 0 radical (unpaired) electrons. The highest BCUT2D eigenvalue weighted by Crippen LogP contribution is 2.41. The molecule has 1 aromatic heterocycles. The van der Waals surface area contributed by atoms with Crippen LogP contribution in [0.5, 0.6) is 0 Å². The molecule has 1 fully saturated rings. The largest absolute Gasteiger partial charge is 0.375 e. The van der Waals surface area contributed by atoms with E-state index in [9.17, 15) is 4.79 Å². The van der Waals surface area contributed by atoms with Crippen molar-refractivity contribution in [2.75, 3.05) is 24.1 Å². The van der Waals surface area contributed by atoms with Crippen molar-refractivity contribution >= 4 is 40.5 Å². The molecule has 0 spiro atoms. The van der Waals surface area contributed by atoms with Crippen LogP contribution in [0.15, 0.2) is 30.5 Å². The highest BCUT2D eigenvalue weighted by molar-refractivity contribution is 7.15. The number of halogens is 1. The second-order valence-corrected chi connectivity index (χ2v) is 7.48. The zero-order valence-electron chi connectivity index (χ0n) is 13.3. The first-order chi connectivity index (χ1) is 11.2. The van der Waals surface area contributed by atoms with E-state index in [2.05, 4.69) is 21.3 Å². The Morgan fingerprint density at radius 1 is 1.29 bits per heavy atom.